The minimum atomic E-state index is -0.557. The zero-order valence-electron chi connectivity index (χ0n) is 8.26. The fraction of sp³-hybridized carbons (Fsp3) is 0.636. The number of fused-ring (bicyclic) bond motifs is 1. The standard InChI is InChI=1S/C11H16O3/c1-14-10-6-9(12)7-4-2-3-5-8(7)11(10)13/h2-3,6-9,11-13H,4-5H2,1H3/t7-,8+,9?,11?/m1/s1. The molecule has 0 amide bonds. The third-order valence-electron chi connectivity index (χ3n) is 3.24. The van der Waals surface area contributed by atoms with Crippen LogP contribution in [0.5, 0.6) is 0 Å². The van der Waals surface area contributed by atoms with Gasteiger partial charge in [0.25, 0.3) is 0 Å². The number of aliphatic hydroxyl groups is 2. The van der Waals surface area contributed by atoms with Gasteiger partial charge in [-0.05, 0) is 24.8 Å². The number of ether oxygens (including phenoxy) is 1. The Hall–Kier alpha value is -0.800. The van der Waals surface area contributed by atoms with Gasteiger partial charge in [-0.3, -0.25) is 0 Å². The minimum absolute atomic E-state index is 0.106. The van der Waals surface area contributed by atoms with Crippen molar-refractivity contribution in [2.75, 3.05) is 7.11 Å². The van der Waals surface area contributed by atoms with Crippen molar-refractivity contribution < 1.29 is 14.9 Å². The van der Waals surface area contributed by atoms with E-state index in [4.69, 9.17) is 4.74 Å². The second-order valence-corrected chi connectivity index (χ2v) is 3.98. The smallest absolute Gasteiger partial charge is 0.123 e. The van der Waals surface area contributed by atoms with Crippen LogP contribution in [0.25, 0.3) is 0 Å². The Labute approximate surface area is 83.7 Å². The van der Waals surface area contributed by atoms with Crippen molar-refractivity contribution in [2.24, 2.45) is 11.8 Å². The van der Waals surface area contributed by atoms with E-state index in [0.29, 0.717) is 5.76 Å². The summed E-state index contributed by atoms with van der Waals surface area (Å²) >= 11 is 0. The molecule has 2 N–H and O–H groups in total. The summed E-state index contributed by atoms with van der Waals surface area (Å²) in [4.78, 5) is 0. The molecule has 0 aliphatic heterocycles. The molecule has 0 heterocycles. The Morgan fingerprint density at radius 3 is 2.50 bits per heavy atom. The summed E-state index contributed by atoms with van der Waals surface area (Å²) in [6.07, 6.45) is 6.39. The monoisotopic (exact) mass is 196 g/mol. The Balaban J connectivity index is 2.24. The highest BCUT2D eigenvalue weighted by Gasteiger charge is 2.39. The number of hydrogen-bond donors (Lipinski definition) is 2. The van der Waals surface area contributed by atoms with Gasteiger partial charge in [0.05, 0.1) is 13.2 Å². The molecule has 3 heteroatoms. The lowest BCUT2D eigenvalue weighted by Crippen LogP contribution is -2.41. The van der Waals surface area contributed by atoms with E-state index in [9.17, 15) is 10.2 Å². The van der Waals surface area contributed by atoms with E-state index in [1.807, 2.05) is 0 Å². The van der Waals surface area contributed by atoms with Gasteiger partial charge in [-0.15, -0.1) is 0 Å². The molecule has 0 aromatic heterocycles. The molecule has 0 fully saturated rings. The van der Waals surface area contributed by atoms with Crippen molar-refractivity contribution >= 4 is 0 Å². The maximum atomic E-state index is 9.94. The molecule has 78 valence electrons. The topological polar surface area (TPSA) is 49.7 Å². The van der Waals surface area contributed by atoms with Gasteiger partial charge in [0.1, 0.15) is 11.9 Å². The lowest BCUT2D eigenvalue weighted by Gasteiger charge is -2.38. The van der Waals surface area contributed by atoms with Crippen LogP contribution in [0.1, 0.15) is 12.8 Å². The molecule has 2 aliphatic rings. The van der Waals surface area contributed by atoms with Crippen molar-refractivity contribution in [1.82, 2.24) is 0 Å². The van der Waals surface area contributed by atoms with Gasteiger partial charge >= 0.3 is 0 Å². The lowest BCUT2D eigenvalue weighted by molar-refractivity contribution is -0.00649. The van der Waals surface area contributed by atoms with Crippen LogP contribution in [0.4, 0.5) is 0 Å². The number of aliphatic hydroxyl groups excluding tert-OH is 2. The first-order valence-corrected chi connectivity index (χ1v) is 5.01. The first-order chi connectivity index (χ1) is 6.74. The maximum Gasteiger partial charge on any atom is 0.123 e. The largest absolute Gasteiger partial charge is 0.499 e. The van der Waals surface area contributed by atoms with Crippen LogP contribution < -0.4 is 0 Å². The summed E-state index contributed by atoms with van der Waals surface area (Å²) in [7, 11) is 1.53. The highest BCUT2D eigenvalue weighted by atomic mass is 16.5. The molecular formula is C11H16O3. The van der Waals surface area contributed by atoms with E-state index >= 15 is 0 Å². The molecule has 2 unspecified atom stereocenters. The molecule has 0 saturated heterocycles. The Morgan fingerprint density at radius 2 is 1.86 bits per heavy atom. The molecule has 2 rings (SSSR count). The van der Waals surface area contributed by atoms with Gasteiger partial charge in [-0.1, -0.05) is 12.2 Å². The predicted octanol–water partition coefficient (Wildman–Crippen LogP) is 0.834. The number of hydrogen-bond acceptors (Lipinski definition) is 3. The van der Waals surface area contributed by atoms with Gasteiger partial charge < -0.3 is 14.9 Å². The van der Waals surface area contributed by atoms with Crippen molar-refractivity contribution in [1.29, 1.82) is 0 Å². The van der Waals surface area contributed by atoms with E-state index in [1.165, 1.54) is 7.11 Å². The van der Waals surface area contributed by atoms with Crippen LogP contribution in [-0.2, 0) is 4.74 Å². The summed E-state index contributed by atoms with van der Waals surface area (Å²) in [6, 6.07) is 0. The van der Waals surface area contributed by atoms with E-state index in [0.717, 1.165) is 12.8 Å². The maximum absolute atomic E-state index is 9.94. The second kappa shape index (κ2) is 3.75. The van der Waals surface area contributed by atoms with Crippen LogP contribution >= 0.6 is 0 Å². The molecule has 0 radical (unpaired) electrons. The first kappa shape index (κ1) is 9.74. The molecule has 2 aliphatic carbocycles. The molecule has 4 atom stereocenters. The summed E-state index contributed by atoms with van der Waals surface area (Å²) in [6.45, 7) is 0. The summed E-state index contributed by atoms with van der Waals surface area (Å²) < 4.78 is 5.05. The Bertz CT molecular complexity index is 270. The van der Waals surface area contributed by atoms with Crippen LogP contribution in [-0.4, -0.2) is 29.5 Å². The molecule has 14 heavy (non-hydrogen) atoms. The van der Waals surface area contributed by atoms with Gasteiger partial charge in [-0.25, -0.2) is 0 Å². The number of allylic oxidation sites excluding steroid dienone is 2. The summed E-state index contributed by atoms with van der Waals surface area (Å²) in [5.74, 6) is 0.762. The fourth-order valence-electron chi connectivity index (χ4n) is 2.40. The predicted molar refractivity (Wildman–Crippen MR) is 52.5 cm³/mol. The van der Waals surface area contributed by atoms with Crippen LogP contribution in [0, 0.1) is 11.8 Å². The summed E-state index contributed by atoms with van der Waals surface area (Å²) in [5.41, 5.74) is 0. The molecule has 0 aromatic rings. The Kier molecular flexibility index (Phi) is 2.61. The van der Waals surface area contributed by atoms with E-state index in [2.05, 4.69) is 12.2 Å². The lowest BCUT2D eigenvalue weighted by atomic mass is 9.72. The fourth-order valence-corrected chi connectivity index (χ4v) is 2.40. The second-order valence-electron chi connectivity index (χ2n) is 3.98. The summed E-state index contributed by atoms with van der Waals surface area (Å²) in [5, 5.41) is 19.8. The van der Waals surface area contributed by atoms with E-state index < -0.39 is 12.2 Å². The molecule has 0 bridgehead atoms. The molecule has 0 saturated carbocycles. The van der Waals surface area contributed by atoms with Crippen molar-refractivity contribution in [3.05, 3.63) is 24.0 Å². The zero-order valence-corrected chi connectivity index (χ0v) is 8.26. The van der Waals surface area contributed by atoms with E-state index in [1.54, 1.807) is 6.08 Å². The third-order valence-corrected chi connectivity index (χ3v) is 3.24. The minimum Gasteiger partial charge on any atom is -0.499 e. The SMILES string of the molecule is COC1=CC(O)[C@@H]2CC=CC[C@@H]2C1O. The van der Waals surface area contributed by atoms with Crippen molar-refractivity contribution in [3.8, 4) is 0 Å². The number of methoxy groups -OCH3 is 1. The van der Waals surface area contributed by atoms with Gasteiger partial charge in [0.15, 0.2) is 0 Å². The quantitative estimate of drug-likeness (QED) is 0.611. The van der Waals surface area contributed by atoms with Crippen LogP contribution in [0.2, 0.25) is 0 Å². The zero-order chi connectivity index (χ0) is 10.1. The highest BCUT2D eigenvalue weighted by molar-refractivity contribution is 5.16. The highest BCUT2D eigenvalue weighted by Crippen LogP contribution is 2.37. The Morgan fingerprint density at radius 1 is 1.21 bits per heavy atom. The van der Waals surface area contributed by atoms with Gasteiger partial charge in [-0.2, -0.15) is 0 Å². The third kappa shape index (κ3) is 1.47. The normalized spacial score (nSPS) is 41.5. The van der Waals surface area contributed by atoms with E-state index in [-0.39, 0.29) is 11.8 Å². The van der Waals surface area contributed by atoms with Crippen LogP contribution in [0.15, 0.2) is 24.0 Å². The molecule has 0 aromatic carbocycles. The molecule has 0 spiro atoms. The average molecular weight is 196 g/mol. The number of rotatable bonds is 1. The van der Waals surface area contributed by atoms with Gasteiger partial charge in [0, 0.05) is 5.92 Å². The average Bonchev–Trinajstić information content (AvgIpc) is 2.23. The van der Waals surface area contributed by atoms with Gasteiger partial charge in [0.2, 0.25) is 0 Å². The molecular weight excluding hydrogens is 180 g/mol. The van der Waals surface area contributed by atoms with Crippen molar-refractivity contribution in [3.63, 3.8) is 0 Å². The van der Waals surface area contributed by atoms with Crippen molar-refractivity contribution in [2.45, 2.75) is 25.0 Å². The first-order valence-electron chi connectivity index (χ1n) is 5.01. The molecule has 3 nitrogen and oxygen atoms in total. The van der Waals surface area contributed by atoms with Crippen LogP contribution in [0.3, 0.4) is 0 Å².